The first kappa shape index (κ1) is 22.2. The molecule has 0 atom stereocenters. The minimum absolute atomic E-state index is 0.0118. The van der Waals surface area contributed by atoms with E-state index in [1.807, 2.05) is 50.1 Å². The van der Waals surface area contributed by atoms with Gasteiger partial charge in [-0.15, -0.1) is 0 Å². The standard InChI is InChI=1S/C21H25Cl2N3O2/c1-14-6-5-7-15(2)21(14)24-19(27)12-26(4)20(28)13-25(3)11-16-8-9-17(22)10-18(16)23/h5-10H,11-13H2,1-4H3,(H,24,27). The van der Waals surface area contributed by atoms with Crippen LogP contribution in [0.5, 0.6) is 0 Å². The molecular weight excluding hydrogens is 397 g/mol. The third-order valence-corrected chi connectivity index (χ3v) is 5.00. The van der Waals surface area contributed by atoms with Crippen molar-refractivity contribution >= 4 is 40.7 Å². The Labute approximate surface area is 176 Å². The molecule has 0 saturated carbocycles. The average Bonchev–Trinajstić information content (AvgIpc) is 2.60. The Morgan fingerprint density at radius 1 is 1.00 bits per heavy atom. The number of nitrogens with zero attached hydrogens (tertiary/aromatic N) is 2. The van der Waals surface area contributed by atoms with E-state index in [0.717, 1.165) is 22.4 Å². The van der Waals surface area contributed by atoms with Gasteiger partial charge in [-0.1, -0.05) is 47.5 Å². The summed E-state index contributed by atoms with van der Waals surface area (Å²) in [4.78, 5) is 28.1. The molecule has 28 heavy (non-hydrogen) atoms. The van der Waals surface area contributed by atoms with Gasteiger partial charge in [0.2, 0.25) is 11.8 Å². The van der Waals surface area contributed by atoms with Gasteiger partial charge in [-0.3, -0.25) is 14.5 Å². The molecule has 5 nitrogen and oxygen atoms in total. The molecule has 0 unspecified atom stereocenters. The molecule has 2 aromatic carbocycles. The lowest BCUT2D eigenvalue weighted by Gasteiger charge is -2.22. The predicted octanol–water partition coefficient (Wildman–Crippen LogP) is 4.14. The lowest BCUT2D eigenvalue weighted by atomic mass is 10.1. The number of hydrogen-bond acceptors (Lipinski definition) is 3. The first-order valence-corrected chi connectivity index (χ1v) is 9.65. The number of likely N-dealkylation sites (N-methyl/N-ethyl adjacent to an activating group) is 2. The summed E-state index contributed by atoms with van der Waals surface area (Å²) in [5, 5.41) is 4.03. The maximum Gasteiger partial charge on any atom is 0.243 e. The Balaban J connectivity index is 1.88. The van der Waals surface area contributed by atoms with E-state index in [1.165, 1.54) is 4.90 Å². The first-order valence-electron chi connectivity index (χ1n) is 8.90. The SMILES string of the molecule is Cc1cccc(C)c1NC(=O)CN(C)C(=O)CN(C)Cc1ccc(Cl)cc1Cl. The minimum Gasteiger partial charge on any atom is -0.335 e. The van der Waals surface area contributed by atoms with Crippen LogP contribution in [-0.4, -0.2) is 48.8 Å². The topological polar surface area (TPSA) is 52.7 Å². The van der Waals surface area contributed by atoms with Gasteiger partial charge >= 0.3 is 0 Å². The number of carbonyl (C=O) groups is 2. The number of aryl methyl sites for hydroxylation is 2. The minimum atomic E-state index is -0.225. The molecule has 1 N–H and O–H groups in total. The highest BCUT2D eigenvalue weighted by atomic mass is 35.5. The molecule has 0 spiro atoms. The number of hydrogen-bond donors (Lipinski definition) is 1. The summed E-state index contributed by atoms with van der Waals surface area (Å²) >= 11 is 12.1. The summed E-state index contributed by atoms with van der Waals surface area (Å²) in [6.45, 7) is 4.54. The highest BCUT2D eigenvalue weighted by molar-refractivity contribution is 6.35. The van der Waals surface area contributed by atoms with Gasteiger partial charge in [0.15, 0.2) is 0 Å². The van der Waals surface area contributed by atoms with Crippen molar-refractivity contribution in [3.8, 4) is 0 Å². The largest absolute Gasteiger partial charge is 0.335 e. The second kappa shape index (κ2) is 9.92. The number of para-hydroxylation sites is 1. The van der Waals surface area contributed by atoms with Gasteiger partial charge in [-0.05, 0) is 49.7 Å². The summed E-state index contributed by atoms with van der Waals surface area (Å²) in [6.07, 6.45) is 0. The second-order valence-electron chi connectivity index (χ2n) is 6.97. The van der Waals surface area contributed by atoms with E-state index in [0.29, 0.717) is 16.6 Å². The molecule has 0 fully saturated rings. The van der Waals surface area contributed by atoms with E-state index in [1.54, 1.807) is 19.2 Å². The van der Waals surface area contributed by atoms with Crippen molar-refractivity contribution in [2.75, 3.05) is 32.5 Å². The van der Waals surface area contributed by atoms with Crippen molar-refractivity contribution in [3.63, 3.8) is 0 Å². The van der Waals surface area contributed by atoms with E-state index >= 15 is 0 Å². The molecule has 7 heteroatoms. The zero-order valence-corrected chi connectivity index (χ0v) is 18.1. The Bertz CT molecular complexity index is 850. The normalized spacial score (nSPS) is 10.8. The summed E-state index contributed by atoms with van der Waals surface area (Å²) < 4.78 is 0. The number of halogens is 2. The number of anilines is 1. The van der Waals surface area contributed by atoms with Gasteiger partial charge in [0, 0.05) is 29.3 Å². The summed E-state index contributed by atoms with van der Waals surface area (Å²) in [7, 11) is 3.45. The average molecular weight is 422 g/mol. The smallest absolute Gasteiger partial charge is 0.243 e. The third-order valence-electron chi connectivity index (χ3n) is 4.41. The fourth-order valence-corrected chi connectivity index (χ4v) is 3.31. The van der Waals surface area contributed by atoms with Crippen molar-refractivity contribution in [1.29, 1.82) is 0 Å². The molecule has 150 valence electrons. The molecule has 0 aliphatic carbocycles. The Morgan fingerprint density at radius 3 is 2.25 bits per heavy atom. The number of rotatable bonds is 7. The third kappa shape index (κ3) is 6.23. The maximum absolute atomic E-state index is 12.5. The van der Waals surface area contributed by atoms with Crippen molar-refractivity contribution in [2.24, 2.45) is 0 Å². The van der Waals surface area contributed by atoms with E-state index < -0.39 is 0 Å². The lowest BCUT2D eigenvalue weighted by Crippen LogP contribution is -2.40. The molecular formula is C21H25Cl2N3O2. The van der Waals surface area contributed by atoms with Crippen molar-refractivity contribution in [1.82, 2.24) is 9.80 Å². The molecule has 0 aromatic heterocycles. The number of nitrogens with one attached hydrogen (secondary N) is 1. The van der Waals surface area contributed by atoms with Crippen LogP contribution < -0.4 is 5.32 Å². The lowest BCUT2D eigenvalue weighted by molar-refractivity contribution is -0.134. The molecule has 0 heterocycles. The fourth-order valence-electron chi connectivity index (χ4n) is 2.84. The quantitative estimate of drug-likeness (QED) is 0.730. The zero-order chi connectivity index (χ0) is 20.8. The van der Waals surface area contributed by atoms with Crippen LogP contribution in [0.4, 0.5) is 5.69 Å². The predicted molar refractivity (Wildman–Crippen MR) is 115 cm³/mol. The number of carbonyl (C=O) groups excluding carboxylic acids is 2. The highest BCUT2D eigenvalue weighted by Crippen LogP contribution is 2.22. The number of benzene rings is 2. The molecule has 2 aromatic rings. The van der Waals surface area contributed by atoms with Crippen molar-refractivity contribution in [3.05, 3.63) is 63.1 Å². The van der Waals surface area contributed by atoms with E-state index in [2.05, 4.69) is 5.32 Å². The van der Waals surface area contributed by atoms with Crippen LogP contribution >= 0.6 is 23.2 Å². The Kier molecular flexibility index (Phi) is 7.87. The monoisotopic (exact) mass is 421 g/mol. The van der Waals surface area contributed by atoms with Gasteiger partial charge in [-0.25, -0.2) is 0 Å². The molecule has 0 radical (unpaired) electrons. The van der Waals surface area contributed by atoms with Gasteiger partial charge < -0.3 is 10.2 Å². The van der Waals surface area contributed by atoms with Gasteiger partial charge in [0.05, 0.1) is 13.1 Å². The molecule has 0 aliphatic rings. The molecule has 2 amide bonds. The van der Waals surface area contributed by atoms with Crippen LogP contribution in [0.1, 0.15) is 16.7 Å². The van der Waals surface area contributed by atoms with Crippen LogP contribution in [-0.2, 0) is 16.1 Å². The fraction of sp³-hybridized carbons (Fsp3) is 0.333. The van der Waals surface area contributed by atoms with Crippen LogP contribution in [0.3, 0.4) is 0 Å². The Hall–Kier alpha value is -2.08. The summed E-state index contributed by atoms with van der Waals surface area (Å²) in [6, 6.07) is 11.1. The van der Waals surface area contributed by atoms with Crippen LogP contribution in [0.2, 0.25) is 10.0 Å². The zero-order valence-electron chi connectivity index (χ0n) is 16.6. The van der Waals surface area contributed by atoms with Crippen LogP contribution in [0.25, 0.3) is 0 Å². The van der Waals surface area contributed by atoms with Gasteiger partial charge in [-0.2, -0.15) is 0 Å². The van der Waals surface area contributed by atoms with Crippen LogP contribution in [0, 0.1) is 13.8 Å². The highest BCUT2D eigenvalue weighted by Gasteiger charge is 2.16. The van der Waals surface area contributed by atoms with E-state index in [9.17, 15) is 9.59 Å². The maximum atomic E-state index is 12.5. The summed E-state index contributed by atoms with van der Waals surface area (Å²) in [5.41, 5.74) is 3.66. The summed E-state index contributed by atoms with van der Waals surface area (Å²) in [5.74, 6) is -0.374. The van der Waals surface area contributed by atoms with Crippen LogP contribution in [0.15, 0.2) is 36.4 Å². The van der Waals surface area contributed by atoms with E-state index in [-0.39, 0.29) is 24.9 Å². The molecule has 0 saturated heterocycles. The Morgan fingerprint density at radius 2 is 1.64 bits per heavy atom. The van der Waals surface area contributed by atoms with Gasteiger partial charge in [0.1, 0.15) is 0 Å². The van der Waals surface area contributed by atoms with Gasteiger partial charge in [0.25, 0.3) is 0 Å². The number of amides is 2. The first-order chi connectivity index (χ1) is 13.2. The second-order valence-corrected chi connectivity index (χ2v) is 7.82. The van der Waals surface area contributed by atoms with Crippen molar-refractivity contribution < 1.29 is 9.59 Å². The molecule has 2 rings (SSSR count). The van der Waals surface area contributed by atoms with Crippen molar-refractivity contribution in [2.45, 2.75) is 20.4 Å². The van der Waals surface area contributed by atoms with E-state index in [4.69, 9.17) is 23.2 Å². The molecule has 0 bridgehead atoms. The molecule has 0 aliphatic heterocycles.